The normalized spacial score (nSPS) is 22.9. The van der Waals surface area contributed by atoms with E-state index in [4.69, 9.17) is 0 Å². The van der Waals surface area contributed by atoms with Gasteiger partial charge in [0, 0.05) is 56.4 Å². The van der Waals surface area contributed by atoms with Crippen LogP contribution in [-0.2, 0) is 4.79 Å². The summed E-state index contributed by atoms with van der Waals surface area (Å²) < 4.78 is 1.77. The smallest absolute Gasteiger partial charge is 0.253 e. The van der Waals surface area contributed by atoms with Crippen LogP contribution in [0.2, 0.25) is 0 Å². The highest BCUT2D eigenvalue weighted by molar-refractivity contribution is 5.94. The Hall–Kier alpha value is -3.41. The third kappa shape index (κ3) is 3.18. The molecule has 6 heteroatoms. The fourth-order valence-corrected chi connectivity index (χ4v) is 4.97. The summed E-state index contributed by atoms with van der Waals surface area (Å²) in [5.41, 5.74) is 2.76. The minimum Gasteiger partial charge on any atom is -0.338 e. The Labute approximate surface area is 175 Å². The van der Waals surface area contributed by atoms with Crippen molar-refractivity contribution in [3.8, 4) is 5.69 Å². The Morgan fingerprint density at radius 3 is 2.37 bits per heavy atom. The van der Waals surface area contributed by atoms with E-state index in [9.17, 15) is 9.59 Å². The van der Waals surface area contributed by atoms with Gasteiger partial charge in [0.1, 0.15) is 0 Å². The highest BCUT2D eigenvalue weighted by atomic mass is 16.2. The molecule has 2 saturated heterocycles. The minimum atomic E-state index is 0.0358. The Kier molecular flexibility index (Phi) is 4.62. The summed E-state index contributed by atoms with van der Waals surface area (Å²) in [6, 6.07) is 19.7. The molecule has 0 unspecified atom stereocenters. The zero-order chi connectivity index (χ0) is 20.7. The molecule has 0 N–H and O–H groups in total. The molecular weight excluding hydrogens is 376 g/mol. The van der Waals surface area contributed by atoms with Gasteiger partial charge in [0.25, 0.3) is 5.91 Å². The van der Waals surface area contributed by atoms with Gasteiger partial charge in [-0.3, -0.25) is 9.59 Å². The first-order valence-electron chi connectivity index (χ1n) is 10.3. The summed E-state index contributed by atoms with van der Waals surface area (Å²) in [6.45, 7) is 3.72. The van der Waals surface area contributed by atoms with Gasteiger partial charge >= 0.3 is 0 Å². The number of likely N-dealkylation sites (tertiary alicyclic amines) is 2. The van der Waals surface area contributed by atoms with Crippen molar-refractivity contribution in [2.24, 2.45) is 11.8 Å². The molecule has 3 atom stereocenters. The molecular formula is C24H24N4O2. The van der Waals surface area contributed by atoms with Gasteiger partial charge in [-0.2, -0.15) is 5.10 Å². The van der Waals surface area contributed by atoms with Gasteiger partial charge < -0.3 is 9.80 Å². The van der Waals surface area contributed by atoms with E-state index in [0.29, 0.717) is 31.1 Å². The van der Waals surface area contributed by atoms with Crippen LogP contribution in [0.4, 0.5) is 0 Å². The predicted octanol–water partition coefficient (Wildman–Crippen LogP) is 3.16. The van der Waals surface area contributed by atoms with Crippen molar-refractivity contribution < 1.29 is 9.59 Å². The van der Waals surface area contributed by atoms with Gasteiger partial charge in [0.05, 0.1) is 11.7 Å². The quantitative estimate of drug-likeness (QED) is 0.679. The van der Waals surface area contributed by atoms with Gasteiger partial charge in [0.2, 0.25) is 5.91 Å². The number of hydrogen-bond donors (Lipinski definition) is 0. The van der Waals surface area contributed by atoms with Gasteiger partial charge in [-0.1, -0.05) is 30.3 Å². The van der Waals surface area contributed by atoms with Crippen molar-refractivity contribution in [3.63, 3.8) is 0 Å². The van der Waals surface area contributed by atoms with Crippen LogP contribution in [0.15, 0.2) is 73.1 Å². The molecule has 3 aromatic rings. The average Bonchev–Trinajstić information content (AvgIpc) is 3.50. The lowest BCUT2D eigenvalue weighted by molar-refractivity contribution is -0.130. The van der Waals surface area contributed by atoms with Crippen LogP contribution in [0.1, 0.15) is 28.9 Å². The van der Waals surface area contributed by atoms with Crippen LogP contribution in [0, 0.1) is 11.8 Å². The summed E-state index contributed by atoms with van der Waals surface area (Å²) in [7, 11) is 0. The van der Waals surface area contributed by atoms with E-state index in [1.807, 2.05) is 64.5 Å². The number of nitrogens with zero attached hydrogens (tertiary/aromatic N) is 4. The zero-order valence-electron chi connectivity index (χ0n) is 16.9. The third-order valence-electron chi connectivity index (χ3n) is 6.38. The second-order valence-corrected chi connectivity index (χ2v) is 8.16. The van der Waals surface area contributed by atoms with E-state index < -0.39 is 0 Å². The molecule has 6 nitrogen and oxygen atoms in total. The van der Waals surface area contributed by atoms with Crippen molar-refractivity contribution in [2.75, 3.05) is 19.6 Å². The molecule has 0 spiro atoms. The lowest BCUT2D eigenvalue weighted by Gasteiger charge is -2.29. The van der Waals surface area contributed by atoms with E-state index in [1.165, 1.54) is 0 Å². The van der Waals surface area contributed by atoms with Crippen molar-refractivity contribution in [2.45, 2.75) is 13.0 Å². The standard InChI is InChI=1S/C24H24N4O2/c1-17(29)27-15-20-14-26(16-22(20)23(27)18-6-3-2-4-7-18)24(30)19-8-10-21(11-9-19)28-13-5-12-25-28/h2-13,20,22-23H,14-16H2,1H3/t20-,22-,23-/m1/s1. The first kappa shape index (κ1) is 18.6. The molecule has 2 fully saturated rings. The van der Waals surface area contributed by atoms with Crippen LogP contribution in [0.25, 0.3) is 5.69 Å². The van der Waals surface area contributed by atoms with Crippen molar-refractivity contribution in [1.82, 2.24) is 19.6 Å². The topological polar surface area (TPSA) is 58.4 Å². The molecule has 0 aliphatic carbocycles. The van der Waals surface area contributed by atoms with Crippen molar-refractivity contribution in [3.05, 3.63) is 84.2 Å². The van der Waals surface area contributed by atoms with Crippen LogP contribution in [0.5, 0.6) is 0 Å². The maximum absolute atomic E-state index is 13.2. The molecule has 2 aromatic carbocycles. The highest BCUT2D eigenvalue weighted by Gasteiger charge is 2.49. The van der Waals surface area contributed by atoms with Crippen molar-refractivity contribution in [1.29, 1.82) is 0 Å². The maximum atomic E-state index is 13.2. The van der Waals surface area contributed by atoms with Crippen LogP contribution < -0.4 is 0 Å². The average molecular weight is 400 g/mol. The molecule has 0 radical (unpaired) electrons. The van der Waals surface area contributed by atoms with E-state index in [0.717, 1.165) is 11.3 Å². The van der Waals surface area contributed by atoms with Gasteiger partial charge in [-0.25, -0.2) is 4.68 Å². The second-order valence-electron chi connectivity index (χ2n) is 8.16. The number of aromatic nitrogens is 2. The summed E-state index contributed by atoms with van der Waals surface area (Å²) in [5.74, 6) is 0.734. The van der Waals surface area contributed by atoms with E-state index in [2.05, 4.69) is 17.2 Å². The zero-order valence-corrected chi connectivity index (χ0v) is 16.9. The maximum Gasteiger partial charge on any atom is 0.253 e. The third-order valence-corrected chi connectivity index (χ3v) is 6.38. The molecule has 152 valence electrons. The molecule has 1 aromatic heterocycles. The fourth-order valence-electron chi connectivity index (χ4n) is 4.97. The number of amides is 2. The SMILES string of the molecule is CC(=O)N1C[C@H]2CN(C(=O)c3ccc(-n4cccn4)cc3)C[C@H]2[C@H]1c1ccccc1. The summed E-state index contributed by atoms with van der Waals surface area (Å²) in [6.07, 6.45) is 3.61. The lowest BCUT2D eigenvalue weighted by Crippen LogP contribution is -2.36. The van der Waals surface area contributed by atoms with E-state index >= 15 is 0 Å². The van der Waals surface area contributed by atoms with Gasteiger partial charge in [-0.05, 0) is 35.9 Å². The van der Waals surface area contributed by atoms with E-state index in [-0.39, 0.29) is 23.8 Å². The number of fused-ring (bicyclic) bond motifs is 1. The van der Waals surface area contributed by atoms with Crippen LogP contribution in [0.3, 0.4) is 0 Å². The summed E-state index contributed by atoms with van der Waals surface area (Å²) >= 11 is 0. The first-order chi connectivity index (χ1) is 14.6. The number of carbonyl (C=O) groups excluding carboxylic acids is 2. The minimum absolute atomic E-state index is 0.0358. The Morgan fingerprint density at radius 1 is 0.933 bits per heavy atom. The summed E-state index contributed by atoms with van der Waals surface area (Å²) in [5, 5.41) is 4.22. The number of rotatable bonds is 3. The van der Waals surface area contributed by atoms with Crippen molar-refractivity contribution >= 4 is 11.8 Å². The molecule has 30 heavy (non-hydrogen) atoms. The predicted molar refractivity (Wildman–Crippen MR) is 113 cm³/mol. The number of hydrogen-bond acceptors (Lipinski definition) is 3. The monoisotopic (exact) mass is 400 g/mol. The largest absolute Gasteiger partial charge is 0.338 e. The summed E-state index contributed by atoms with van der Waals surface area (Å²) in [4.78, 5) is 29.4. The number of benzene rings is 2. The van der Waals surface area contributed by atoms with E-state index in [1.54, 1.807) is 17.8 Å². The molecule has 3 heterocycles. The van der Waals surface area contributed by atoms with Crippen LogP contribution in [-0.4, -0.2) is 51.0 Å². The van der Waals surface area contributed by atoms with Gasteiger partial charge in [0.15, 0.2) is 0 Å². The Balaban J connectivity index is 1.35. The molecule has 5 rings (SSSR count). The van der Waals surface area contributed by atoms with Gasteiger partial charge in [-0.15, -0.1) is 0 Å². The number of carbonyl (C=O) groups is 2. The molecule has 2 aliphatic heterocycles. The molecule has 0 bridgehead atoms. The van der Waals surface area contributed by atoms with Crippen LogP contribution >= 0.6 is 0 Å². The highest BCUT2D eigenvalue weighted by Crippen LogP contribution is 2.45. The second kappa shape index (κ2) is 7.44. The fraction of sp³-hybridized carbons (Fsp3) is 0.292. The molecule has 2 aliphatic rings. The Morgan fingerprint density at radius 2 is 1.70 bits per heavy atom. The molecule has 2 amide bonds. The lowest BCUT2D eigenvalue weighted by atomic mass is 9.89. The molecule has 0 saturated carbocycles. The first-order valence-corrected chi connectivity index (χ1v) is 10.3. The Bertz CT molecular complexity index is 1050.